The van der Waals surface area contributed by atoms with E-state index in [0.717, 1.165) is 30.1 Å². The third-order valence-electron chi connectivity index (χ3n) is 5.68. The molecule has 0 atom stereocenters. The summed E-state index contributed by atoms with van der Waals surface area (Å²) in [6.45, 7) is 2.20. The molecule has 0 radical (unpaired) electrons. The van der Waals surface area contributed by atoms with E-state index in [4.69, 9.17) is 10.3 Å². The van der Waals surface area contributed by atoms with E-state index in [2.05, 4.69) is 33.2 Å². The predicted octanol–water partition coefficient (Wildman–Crippen LogP) is 4.60. The quantitative estimate of drug-likeness (QED) is 0.562. The van der Waals surface area contributed by atoms with Gasteiger partial charge in [-0.3, -0.25) is 4.79 Å². The van der Waals surface area contributed by atoms with Crippen LogP contribution in [0, 0.1) is 5.92 Å². The van der Waals surface area contributed by atoms with Crippen molar-refractivity contribution in [2.24, 2.45) is 11.7 Å². The molecule has 30 heavy (non-hydrogen) atoms. The lowest BCUT2D eigenvalue weighted by molar-refractivity contribution is 0.100. The van der Waals surface area contributed by atoms with Gasteiger partial charge in [0.05, 0.1) is 5.69 Å². The van der Waals surface area contributed by atoms with Crippen molar-refractivity contribution in [3.05, 3.63) is 48.0 Å². The molecule has 2 N–H and O–H groups in total. The molecule has 1 amide bonds. The molecule has 1 saturated heterocycles. The molecule has 2 heterocycles. The highest BCUT2D eigenvalue weighted by Crippen LogP contribution is 2.40. The smallest absolute Gasteiger partial charge is 0.258 e. The van der Waals surface area contributed by atoms with E-state index in [1.165, 1.54) is 42.0 Å². The van der Waals surface area contributed by atoms with E-state index >= 15 is 0 Å². The lowest BCUT2D eigenvalue weighted by Crippen LogP contribution is -2.18. The summed E-state index contributed by atoms with van der Waals surface area (Å²) < 4.78 is 5.49. The van der Waals surface area contributed by atoms with Gasteiger partial charge in [-0.15, -0.1) is 11.8 Å². The lowest BCUT2D eigenvalue weighted by Gasteiger charge is -2.21. The molecule has 2 fully saturated rings. The van der Waals surface area contributed by atoms with E-state index in [0.29, 0.717) is 17.3 Å². The first-order chi connectivity index (χ1) is 14.7. The van der Waals surface area contributed by atoms with Crippen LogP contribution in [-0.2, 0) is 0 Å². The Morgan fingerprint density at radius 2 is 1.83 bits per heavy atom. The fourth-order valence-electron chi connectivity index (χ4n) is 3.71. The first-order valence-corrected chi connectivity index (χ1v) is 11.4. The van der Waals surface area contributed by atoms with Gasteiger partial charge in [0.25, 0.3) is 5.89 Å². The maximum Gasteiger partial charge on any atom is 0.258 e. The van der Waals surface area contributed by atoms with Crippen molar-refractivity contribution in [3.8, 4) is 22.8 Å². The van der Waals surface area contributed by atoms with Gasteiger partial charge in [0, 0.05) is 40.4 Å². The summed E-state index contributed by atoms with van der Waals surface area (Å²) in [6.07, 6.45) is 5.22. The van der Waals surface area contributed by atoms with Crippen molar-refractivity contribution < 1.29 is 9.32 Å². The summed E-state index contributed by atoms with van der Waals surface area (Å²) in [5, 5.41) is 4.20. The molecular formula is C23H24N4O2S. The zero-order chi connectivity index (χ0) is 20.5. The average molecular weight is 421 g/mol. The molecule has 1 aromatic heterocycles. The predicted molar refractivity (Wildman–Crippen MR) is 119 cm³/mol. The average Bonchev–Trinajstić information content (AvgIpc) is 3.23. The SMILES string of the molecule is NC(=O)c1ccc(-c2nc(-c3ccc(SCC4CC4)c(N4CCCC4)c3)no2)cc1. The molecule has 0 spiro atoms. The van der Waals surface area contributed by atoms with E-state index in [1.54, 1.807) is 24.3 Å². The topological polar surface area (TPSA) is 85.3 Å². The molecule has 1 aliphatic heterocycles. The fourth-order valence-corrected chi connectivity index (χ4v) is 4.96. The zero-order valence-corrected chi connectivity index (χ0v) is 17.5. The molecule has 2 aromatic carbocycles. The number of benzene rings is 2. The maximum absolute atomic E-state index is 11.3. The summed E-state index contributed by atoms with van der Waals surface area (Å²) in [7, 11) is 0. The van der Waals surface area contributed by atoms with Crippen LogP contribution in [0.4, 0.5) is 5.69 Å². The maximum atomic E-state index is 11.3. The van der Waals surface area contributed by atoms with E-state index in [9.17, 15) is 4.79 Å². The van der Waals surface area contributed by atoms with Crippen LogP contribution in [0.1, 0.15) is 36.0 Å². The highest BCUT2D eigenvalue weighted by Gasteiger charge is 2.23. The van der Waals surface area contributed by atoms with Crippen molar-refractivity contribution in [1.29, 1.82) is 0 Å². The summed E-state index contributed by atoms with van der Waals surface area (Å²) >= 11 is 1.97. The number of rotatable bonds is 7. The van der Waals surface area contributed by atoms with Crippen LogP contribution >= 0.6 is 11.8 Å². The largest absolute Gasteiger partial charge is 0.371 e. The first-order valence-electron chi connectivity index (χ1n) is 10.4. The number of primary amides is 1. The highest BCUT2D eigenvalue weighted by molar-refractivity contribution is 7.99. The number of anilines is 1. The van der Waals surface area contributed by atoms with Gasteiger partial charge in [-0.2, -0.15) is 4.98 Å². The van der Waals surface area contributed by atoms with Gasteiger partial charge in [0.2, 0.25) is 11.7 Å². The van der Waals surface area contributed by atoms with Gasteiger partial charge < -0.3 is 15.2 Å². The Morgan fingerprint density at radius 1 is 1.10 bits per heavy atom. The van der Waals surface area contributed by atoms with Crippen LogP contribution in [-0.4, -0.2) is 34.9 Å². The Balaban J connectivity index is 1.42. The molecule has 1 aliphatic carbocycles. The normalized spacial score (nSPS) is 16.2. The van der Waals surface area contributed by atoms with Gasteiger partial charge in [-0.1, -0.05) is 5.16 Å². The van der Waals surface area contributed by atoms with Crippen molar-refractivity contribution >= 4 is 23.4 Å². The second-order valence-electron chi connectivity index (χ2n) is 8.00. The summed E-state index contributed by atoms with van der Waals surface area (Å²) in [4.78, 5) is 19.7. The van der Waals surface area contributed by atoms with E-state index in [1.807, 2.05) is 11.8 Å². The van der Waals surface area contributed by atoms with Gasteiger partial charge in [0.15, 0.2) is 0 Å². The van der Waals surface area contributed by atoms with Crippen LogP contribution < -0.4 is 10.6 Å². The number of nitrogens with two attached hydrogens (primary N) is 1. The van der Waals surface area contributed by atoms with Gasteiger partial charge in [-0.25, -0.2) is 0 Å². The monoisotopic (exact) mass is 420 g/mol. The van der Waals surface area contributed by atoms with Crippen molar-refractivity contribution in [3.63, 3.8) is 0 Å². The number of aromatic nitrogens is 2. The van der Waals surface area contributed by atoms with E-state index in [-0.39, 0.29) is 0 Å². The number of nitrogens with zero attached hydrogens (tertiary/aromatic N) is 3. The molecular weight excluding hydrogens is 396 g/mol. The van der Waals surface area contributed by atoms with Crippen LogP contribution in [0.25, 0.3) is 22.8 Å². The third-order valence-corrected chi connectivity index (χ3v) is 6.97. The van der Waals surface area contributed by atoms with Crippen LogP contribution in [0.2, 0.25) is 0 Å². The summed E-state index contributed by atoms with van der Waals surface area (Å²) in [5.74, 6) is 2.64. The highest BCUT2D eigenvalue weighted by atomic mass is 32.2. The van der Waals surface area contributed by atoms with Crippen LogP contribution in [0.5, 0.6) is 0 Å². The molecule has 6 nitrogen and oxygen atoms in total. The van der Waals surface area contributed by atoms with Gasteiger partial charge >= 0.3 is 0 Å². The van der Waals surface area contributed by atoms with Crippen LogP contribution in [0.3, 0.4) is 0 Å². The van der Waals surface area contributed by atoms with E-state index < -0.39 is 5.91 Å². The Labute approximate surface area is 179 Å². The molecule has 0 bridgehead atoms. The number of thioether (sulfide) groups is 1. The molecule has 0 unspecified atom stereocenters. The zero-order valence-electron chi connectivity index (χ0n) is 16.7. The number of carbonyl (C=O) groups is 1. The standard InChI is InChI=1S/C23H24N4O2S/c24-21(28)16-5-7-17(8-6-16)23-25-22(26-29-23)18-9-10-20(30-14-15-3-4-15)19(13-18)27-11-1-2-12-27/h5-10,13,15H,1-4,11-12,14H2,(H2,24,28). The number of hydrogen-bond acceptors (Lipinski definition) is 6. The first kappa shape index (κ1) is 19.2. The number of hydrogen-bond donors (Lipinski definition) is 1. The molecule has 7 heteroatoms. The minimum atomic E-state index is -0.457. The van der Waals surface area contributed by atoms with Gasteiger partial charge in [-0.05, 0) is 74.1 Å². The second kappa shape index (κ2) is 8.14. The molecule has 2 aliphatic rings. The molecule has 3 aromatic rings. The van der Waals surface area contributed by atoms with Crippen molar-refractivity contribution in [1.82, 2.24) is 10.1 Å². The fraction of sp³-hybridized carbons (Fsp3) is 0.348. The van der Waals surface area contributed by atoms with Crippen molar-refractivity contribution in [2.75, 3.05) is 23.7 Å². The minimum Gasteiger partial charge on any atom is -0.371 e. The molecule has 154 valence electrons. The Hall–Kier alpha value is -2.80. The van der Waals surface area contributed by atoms with Crippen LogP contribution in [0.15, 0.2) is 51.9 Å². The second-order valence-corrected chi connectivity index (χ2v) is 9.06. The lowest BCUT2D eigenvalue weighted by atomic mass is 10.1. The molecule has 5 rings (SSSR count). The third kappa shape index (κ3) is 4.07. The summed E-state index contributed by atoms with van der Waals surface area (Å²) in [6, 6.07) is 13.4. The number of carbonyl (C=O) groups excluding carboxylic acids is 1. The molecule has 1 saturated carbocycles. The summed E-state index contributed by atoms with van der Waals surface area (Å²) in [5.41, 5.74) is 8.76. The van der Waals surface area contributed by atoms with Gasteiger partial charge in [0.1, 0.15) is 0 Å². The number of amides is 1. The Morgan fingerprint density at radius 3 is 2.53 bits per heavy atom. The Bertz CT molecular complexity index is 1050. The minimum absolute atomic E-state index is 0.427. The Kier molecular flexibility index (Phi) is 5.21. The van der Waals surface area contributed by atoms with Crippen molar-refractivity contribution in [2.45, 2.75) is 30.6 Å².